The number of benzene rings is 1. The van der Waals surface area contributed by atoms with Gasteiger partial charge in [-0.3, -0.25) is 4.79 Å². The summed E-state index contributed by atoms with van der Waals surface area (Å²) in [6, 6.07) is 3.43. The first-order chi connectivity index (χ1) is 15.2. The third-order valence-corrected chi connectivity index (χ3v) is 7.32. The van der Waals surface area contributed by atoms with Gasteiger partial charge in [0, 0.05) is 49.1 Å². The lowest BCUT2D eigenvalue weighted by atomic mass is 9.97. The number of hydrogen-bond donors (Lipinski definition) is 1. The van der Waals surface area contributed by atoms with E-state index in [2.05, 4.69) is 10.3 Å². The van der Waals surface area contributed by atoms with Gasteiger partial charge in [0.15, 0.2) is 16.5 Å². The van der Waals surface area contributed by atoms with Crippen molar-refractivity contribution in [2.45, 2.75) is 37.8 Å². The van der Waals surface area contributed by atoms with E-state index in [0.717, 1.165) is 0 Å². The summed E-state index contributed by atoms with van der Waals surface area (Å²) < 4.78 is 44.9. The average molecular weight is 467 g/mol. The van der Waals surface area contributed by atoms with Crippen LogP contribution >= 0.6 is 0 Å². The Morgan fingerprint density at radius 1 is 1.09 bits per heavy atom. The molecule has 176 valence electrons. The molecular weight excluding hydrogens is 436 g/mol. The van der Waals surface area contributed by atoms with Crippen molar-refractivity contribution in [1.29, 1.82) is 0 Å². The van der Waals surface area contributed by atoms with Crippen LogP contribution in [0.1, 0.15) is 32.7 Å². The maximum atomic E-state index is 12.9. The standard InChI is InChI=1S/C21H30N4O6S/c1-14(2)24-12-19(22-13-24)32(27,28)25-8-6-15(7-9-25)21(26)23-16-10-17(29-3)20(31-5)18(11-16)30-4/h10-15H,6-9H2,1-5H3,(H,23,26). The highest BCUT2D eigenvalue weighted by Gasteiger charge is 2.33. The van der Waals surface area contributed by atoms with Gasteiger partial charge in [0.1, 0.15) is 0 Å². The van der Waals surface area contributed by atoms with Crippen LogP contribution in [0.25, 0.3) is 0 Å². The summed E-state index contributed by atoms with van der Waals surface area (Å²) in [5.74, 6) is 0.813. The van der Waals surface area contributed by atoms with Gasteiger partial charge in [0.2, 0.25) is 11.7 Å². The Morgan fingerprint density at radius 3 is 2.16 bits per heavy atom. The highest BCUT2D eigenvalue weighted by atomic mass is 32.2. The number of nitrogens with one attached hydrogen (secondary N) is 1. The number of anilines is 1. The Hall–Kier alpha value is -2.79. The Bertz CT molecular complexity index is 1030. The number of imidazole rings is 1. The van der Waals surface area contributed by atoms with Crippen LogP contribution in [0.15, 0.2) is 29.7 Å². The zero-order chi connectivity index (χ0) is 23.5. The zero-order valence-electron chi connectivity index (χ0n) is 19.0. The Morgan fingerprint density at radius 2 is 1.69 bits per heavy atom. The van der Waals surface area contributed by atoms with Crippen LogP contribution in [0, 0.1) is 5.92 Å². The van der Waals surface area contributed by atoms with Crippen molar-refractivity contribution < 1.29 is 27.4 Å². The van der Waals surface area contributed by atoms with Crippen LogP contribution in [-0.2, 0) is 14.8 Å². The molecule has 0 unspecified atom stereocenters. The highest BCUT2D eigenvalue weighted by Crippen LogP contribution is 2.40. The predicted octanol–water partition coefficient (Wildman–Crippen LogP) is 2.53. The van der Waals surface area contributed by atoms with Gasteiger partial charge in [-0.15, -0.1) is 0 Å². The van der Waals surface area contributed by atoms with Gasteiger partial charge >= 0.3 is 0 Å². The molecule has 10 nitrogen and oxygen atoms in total. The van der Waals surface area contributed by atoms with Gasteiger partial charge in [0.05, 0.1) is 27.7 Å². The van der Waals surface area contributed by atoms with Gasteiger partial charge in [-0.25, -0.2) is 13.4 Å². The van der Waals surface area contributed by atoms with Gasteiger partial charge in [-0.1, -0.05) is 0 Å². The molecule has 0 atom stereocenters. The van der Waals surface area contributed by atoms with Crippen LogP contribution in [0.2, 0.25) is 0 Å². The lowest BCUT2D eigenvalue weighted by Crippen LogP contribution is -2.41. The summed E-state index contributed by atoms with van der Waals surface area (Å²) in [6.07, 6.45) is 3.90. The number of sulfonamides is 1. The SMILES string of the molecule is COc1cc(NC(=O)C2CCN(S(=O)(=O)c3cn(C(C)C)cn3)CC2)cc(OC)c1OC. The maximum Gasteiger partial charge on any atom is 0.262 e. The fourth-order valence-corrected chi connectivity index (χ4v) is 5.01. The number of ether oxygens (including phenoxy) is 3. The lowest BCUT2D eigenvalue weighted by Gasteiger charge is -2.30. The molecule has 0 spiro atoms. The first-order valence-corrected chi connectivity index (χ1v) is 11.8. The fourth-order valence-electron chi connectivity index (χ4n) is 3.62. The van der Waals surface area contributed by atoms with Crippen molar-refractivity contribution >= 4 is 21.6 Å². The van der Waals surface area contributed by atoms with E-state index in [1.54, 1.807) is 22.9 Å². The van der Waals surface area contributed by atoms with Gasteiger partial charge in [-0.2, -0.15) is 4.31 Å². The average Bonchev–Trinajstić information content (AvgIpc) is 3.30. The molecule has 1 aliphatic rings. The number of nitrogens with zero attached hydrogens (tertiary/aromatic N) is 3. The number of piperidine rings is 1. The first-order valence-electron chi connectivity index (χ1n) is 10.4. The quantitative estimate of drug-likeness (QED) is 0.636. The van der Waals surface area contributed by atoms with E-state index in [9.17, 15) is 13.2 Å². The molecule has 1 amide bonds. The van der Waals surface area contributed by atoms with Gasteiger partial charge < -0.3 is 24.1 Å². The maximum absolute atomic E-state index is 12.9. The molecule has 1 fully saturated rings. The number of carbonyl (C=O) groups is 1. The van der Waals surface area contributed by atoms with Crippen molar-refractivity contribution in [3.8, 4) is 17.2 Å². The molecule has 0 bridgehead atoms. The molecular formula is C21H30N4O6S. The van der Waals surface area contributed by atoms with E-state index in [0.29, 0.717) is 35.8 Å². The lowest BCUT2D eigenvalue weighted by molar-refractivity contribution is -0.120. The van der Waals surface area contributed by atoms with E-state index in [1.807, 2.05) is 13.8 Å². The molecule has 1 saturated heterocycles. The van der Waals surface area contributed by atoms with Crippen molar-refractivity contribution in [3.05, 3.63) is 24.7 Å². The second kappa shape index (κ2) is 9.78. The fraction of sp³-hybridized carbons (Fsp3) is 0.524. The number of aromatic nitrogens is 2. The summed E-state index contributed by atoms with van der Waals surface area (Å²) in [4.78, 5) is 16.9. The second-order valence-corrected chi connectivity index (χ2v) is 9.72. The van der Waals surface area contributed by atoms with Crippen LogP contribution < -0.4 is 19.5 Å². The van der Waals surface area contributed by atoms with Crippen molar-refractivity contribution in [1.82, 2.24) is 13.9 Å². The largest absolute Gasteiger partial charge is 0.493 e. The van der Waals surface area contributed by atoms with E-state index >= 15 is 0 Å². The molecule has 1 aromatic heterocycles. The van der Waals surface area contributed by atoms with Crippen LogP contribution in [-0.4, -0.2) is 62.6 Å². The van der Waals surface area contributed by atoms with Gasteiger partial charge in [0.25, 0.3) is 10.0 Å². The van der Waals surface area contributed by atoms with E-state index in [-0.39, 0.29) is 36.0 Å². The van der Waals surface area contributed by atoms with Crippen molar-refractivity contribution in [2.24, 2.45) is 5.92 Å². The Kier molecular flexibility index (Phi) is 7.29. The predicted molar refractivity (Wildman–Crippen MR) is 119 cm³/mol. The second-order valence-electron chi connectivity index (χ2n) is 7.83. The normalized spacial score (nSPS) is 15.6. The van der Waals surface area contributed by atoms with Crippen LogP contribution in [0.3, 0.4) is 0 Å². The minimum absolute atomic E-state index is 0.0338. The minimum Gasteiger partial charge on any atom is -0.493 e. The molecule has 1 aromatic carbocycles. The minimum atomic E-state index is -3.69. The topological polar surface area (TPSA) is 112 Å². The molecule has 2 aromatic rings. The third kappa shape index (κ3) is 4.83. The molecule has 1 aliphatic heterocycles. The Labute approximate surface area is 188 Å². The molecule has 32 heavy (non-hydrogen) atoms. The number of rotatable bonds is 8. The van der Waals surface area contributed by atoms with Crippen LogP contribution in [0.4, 0.5) is 5.69 Å². The number of carbonyl (C=O) groups excluding carboxylic acids is 1. The highest BCUT2D eigenvalue weighted by molar-refractivity contribution is 7.89. The van der Waals surface area contributed by atoms with Crippen LogP contribution in [0.5, 0.6) is 17.2 Å². The molecule has 1 N–H and O–H groups in total. The van der Waals surface area contributed by atoms with E-state index in [1.165, 1.54) is 32.0 Å². The van der Waals surface area contributed by atoms with Crippen molar-refractivity contribution in [3.63, 3.8) is 0 Å². The summed E-state index contributed by atoms with van der Waals surface area (Å²) in [7, 11) is 0.828. The number of amides is 1. The molecule has 2 heterocycles. The number of methoxy groups -OCH3 is 3. The van der Waals surface area contributed by atoms with Crippen molar-refractivity contribution in [2.75, 3.05) is 39.7 Å². The molecule has 0 radical (unpaired) electrons. The monoisotopic (exact) mass is 466 g/mol. The molecule has 0 saturated carbocycles. The first kappa shape index (κ1) is 23.9. The van der Waals surface area contributed by atoms with Gasteiger partial charge in [-0.05, 0) is 26.7 Å². The Balaban J connectivity index is 1.65. The summed E-state index contributed by atoms with van der Waals surface area (Å²) in [5.41, 5.74) is 0.513. The van der Waals surface area contributed by atoms with E-state index < -0.39 is 10.0 Å². The third-order valence-electron chi connectivity index (χ3n) is 5.54. The zero-order valence-corrected chi connectivity index (χ0v) is 19.8. The molecule has 11 heteroatoms. The summed E-state index contributed by atoms with van der Waals surface area (Å²) >= 11 is 0. The summed E-state index contributed by atoms with van der Waals surface area (Å²) in [6.45, 7) is 4.42. The summed E-state index contributed by atoms with van der Waals surface area (Å²) in [5, 5.41) is 2.91. The van der Waals surface area contributed by atoms with E-state index in [4.69, 9.17) is 14.2 Å². The molecule has 3 rings (SSSR count). The number of hydrogen-bond acceptors (Lipinski definition) is 7. The smallest absolute Gasteiger partial charge is 0.262 e. The molecule has 0 aliphatic carbocycles.